The van der Waals surface area contributed by atoms with E-state index in [1.807, 2.05) is 24.3 Å². The van der Waals surface area contributed by atoms with Gasteiger partial charge < -0.3 is 10.6 Å². The Labute approximate surface area is 117 Å². The highest BCUT2D eigenvalue weighted by Crippen LogP contribution is 2.23. The maximum absolute atomic E-state index is 11.1. The van der Waals surface area contributed by atoms with Gasteiger partial charge in [0.1, 0.15) is 5.82 Å². The van der Waals surface area contributed by atoms with E-state index in [9.17, 15) is 4.79 Å². The minimum Gasteiger partial charge on any atom is -0.326 e. The van der Waals surface area contributed by atoms with E-state index in [0.717, 1.165) is 30.0 Å². The number of nitrogens with one attached hydrogen (secondary N) is 3. The van der Waals surface area contributed by atoms with Crippen LogP contribution in [0, 0.1) is 0 Å². The monoisotopic (exact) mass is 271 g/mol. The lowest BCUT2D eigenvalue weighted by Gasteiger charge is -2.04. The van der Waals surface area contributed by atoms with Gasteiger partial charge in [0.2, 0.25) is 5.91 Å². The fourth-order valence-corrected chi connectivity index (χ4v) is 2.42. The highest BCUT2D eigenvalue weighted by atomic mass is 16.1. The number of nitrogens with zero attached hydrogens (tertiary/aromatic N) is 2. The Bertz CT molecular complexity index is 616. The maximum Gasteiger partial charge on any atom is 0.221 e. The van der Waals surface area contributed by atoms with Crippen molar-refractivity contribution in [2.45, 2.75) is 25.8 Å². The summed E-state index contributed by atoms with van der Waals surface area (Å²) in [4.78, 5) is 15.6. The zero-order valence-electron chi connectivity index (χ0n) is 11.3. The lowest BCUT2D eigenvalue weighted by molar-refractivity contribution is -0.114. The fraction of sp³-hybridized carbons (Fsp3) is 0.357. The van der Waals surface area contributed by atoms with E-state index in [-0.39, 0.29) is 11.9 Å². The van der Waals surface area contributed by atoms with Gasteiger partial charge in [-0.05, 0) is 31.5 Å². The van der Waals surface area contributed by atoms with Gasteiger partial charge in [-0.25, -0.2) is 4.98 Å². The Hall–Kier alpha value is -2.21. The Balaban J connectivity index is 1.83. The van der Waals surface area contributed by atoms with E-state index in [0.29, 0.717) is 5.82 Å². The second kappa shape index (κ2) is 5.42. The SMILES string of the molecule is CC(=O)Nc1cccc(-c2n[nH]c(C3CCCN3)n2)c1. The maximum atomic E-state index is 11.1. The number of hydrogen-bond acceptors (Lipinski definition) is 4. The summed E-state index contributed by atoms with van der Waals surface area (Å²) in [5.41, 5.74) is 1.64. The number of carbonyl (C=O) groups is 1. The van der Waals surface area contributed by atoms with Crippen LogP contribution in [-0.2, 0) is 4.79 Å². The molecule has 1 unspecified atom stereocenters. The lowest BCUT2D eigenvalue weighted by Crippen LogP contribution is -2.14. The van der Waals surface area contributed by atoms with Gasteiger partial charge in [0.15, 0.2) is 5.82 Å². The molecule has 1 aromatic carbocycles. The van der Waals surface area contributed by atoms with Crippen LogP contribution in [0.25, 0.3) is 11.4 Å². The molecule has 1 aliphatic rings. The van der Waals surface area contributed by atoms with Crippen LogP contribution in [0.2, 0.25) is 0 Å². The molecule has 1 fully saturated rings. The molecule has 3 rings (SSSR count). The van der Waals surface area contributed by atoms with Crippen LogP contribution in [0.5, 0.6) is 0 Å². The predicted molar refractivity (Wildman–Crippen MR) is 76.1 cm³/mol. The number of H-pyrrole nitrogens is 1. The molecule has 0 bridgehead atoms. The zero-order chi connectivity index (χ0) is 13.9. The van der Waals surface area contributed by atoms with E-state index >= 15 is 0 Å². The Morgan fingerprint density at radius 1 is 1.45 bits per heavy atom. The van der Waals surface area contributed by atoms with Crippen molar-refractivity contribution in [1.82, 2.24) is 20.5 Å². The number of anilines is 1. The molecule has 1 saturated heterocycles. The van der Waals surface area contributed by atoms with E-state index in [1.54, 1.807) is 0 Å². The van der Waals surface area contributed by atoms with Crippen molar-refractivity contribution in [3.05, 3.63) is 30.1 Å². The van der Waals surface area contributed by atoms with Crippen molar-refractivity contribution in [2.75, 3.05) is 11.9 Å². The van der Waals surface area contributed by atoms with Crippen molar-refractivity contribution >= 4 is 11.6 Å². The molecule has 3 N–H and O–H groups in total. The highest BCUT2D eigenvalue weighted by Gasteiger charge is 2.20. The summed E-state index contributed by atoms with van der Waals surface area (Å²) >= 11 is 0. The highest BCUT2D eigenvalue weighted by molar-refractivity contribution is 5.89. The predicted octanol–water partition coefficient (Wildman–Crippen LogP) is 1.85. The van der Waals surface area contributed by atoms with Crippen molar-refractivity contribution < 1.29 is 4.79 Å². The molecule has 0 aliphatic carbocycles. The summed E-state index contributed by atoms with van der Waals surface area (Å²) < 4.78 is 0. The number of aromatic nitrogens is 3. The lowest BCUT2D eigenvalue weighted by atomic mass is 10.2. The van der Waals surface area contributed by atoms with Gasteiger partial charge >= 0.3 is 0 Å². The molecule has 0 spiro atoms. The van der Waals surface area contributed by atoms with Crippen LogP contribution in [0.1, 0.15) is 31.6 Å². The molecule has 1 aromatic heterocycles. The van der Waals surface area contributed by atoms with Crippen molar-refractivity contribution in [1.29, 1.82) is 0 Å². The quantitative estimate of drug-likeness (QED) is 0.795. The topological polar surface area (TPSA) is 82.7 Å². The molecule has 1 amide bonds. The number of hydrogen-bond donors (Lipinski definition) is 3. The van der Waals surface area contributed by atoms with Crippen LogP contribution in [0.4, 0.5) is 5.69 Å². The number of rotatable bonds is 3. The van der Waals surface area contributed by atoms with Gasteiger partial charge in [0.05, 0.1) is 6.04 Å². The average molecular weight is 271 g/mol. The molecule has 6 nitrogen and oxygen atoms in total. The summed E-state index contributed by atoms with van der Waals surface area (Å²) in [5, 5.41) is 13.4. The standard InChI is InChI=1S/C14H17N5O/c1-9(20)16-11-5-2-4-10(8-11)13-17-14(19-18-13)12-6-3-7-15-12/h2,4-5,8,12,15H,3,6-7H2,1H3,(H,16,20)(H,17,18,19). The molecular formula is C14H17N5O. The van der Waals surface area contributed by atoms with E-state index in [1.165, 1.54) is 13.3 Å². The molecule has 6 heteroatoms. The third kappa shape index (κ3) is 2.70. The van der Waals surface area contributed by atoms with Gasteiger partial charge in [0.25, 0.3) is 0 Å². The van der Waals surface area contributed by atoms with Crippen LogP contribution in [-0.4, -0.2) is 27.6 Å². The van der Waals surface area contributed by atoms with E-state index < -0.39 is 0 Å². The van der Waals surface area contributed by atoms with Crippen molar-refractivity contribution in [3.8, 4) is 11.4 Å². The number of benzene rings is 1. The third-order valence-electron chi connectivity index (χ3n) is 3.33. The fourth-order valence-electron chi connectivity index (χ4n) is 2.42. The molecule has 20 heavy (non-hydrogen) atoms. The van der Waals surface area contributed by atoms with E-state index in [4.69, 9.17) is 0 Å². The van der Waals surface area contributed by atoms with E-state index in [2.05, 4.69) is 25.8 Å². The summed E-state index contributed by atoms with van der Waals surface area (Å²) in [6.07, 6.45) is 2.25. The summed E-state index contributed by atoms with van der Waals surface area (Å²) in [6, 6.07) is 7.80. The van der Waals surface area contributed by atoms with Crippen LogP contribution in [0.3, 0.4) is 0 Å². The Kier molecular flexibility index (Phi) is 3.47. The third-order valence-corrected chi connectivity index (χ3v) is 3.33. The first kappa shape index (κ1) is 12.8. The average Bonchev–Trinajstić information content (AvgIpc) is 3.09. The Morgan fingerprint density at radius 3 is 3.10 bits per heavy atom. The zero-order valence-corrected chi connectivity index (χ0v) is 11.3. The normalized spacial score (nSPS) is 18.1. The summed E-state index contributed by atoms with van der Waals surface area (Å²) in [6.45, 7) is 2.52. The summed E-state index contributed by atoms with van der Waals surface area (Å²) in [5.74, 6) is 1.44. The smallest absolute Gasteiger partial charge is 0.221 e. The largest absolute Gasteiger partial charge is 0.326 e. The molecule has 104 valence electrons. The Morgan fingerprint density at radius 2 is 2.35 bits per heavy atom. The molecule has 1 atom stereocenters. The van der Waals surface area contributed by atoms with Gasteiger partial charge in [-0.15, -0.1) is 0 Å². The van der Waals surface area contributed by atoms with Gasteiger partial charge in [-0.3, -0.25) is 9.89 Å². The first-order valence-electron chi connectivity index (χ1n) is 6.76. The second-order valence-electron chi connectivity index (χ2n) is 4.96. The minimum absolute atomic E-state index is 0.0898. The van der Waals surface area contributed by atoms with Gasteiger partial charge in [0, 0.05) is 18.2 Å². The van der Waals surface area contributed by atoms with Crippen LogP contribution in [0.15, 0.2) is 24.3 Å². The molecule has 0 saturated carbocycles. The first-order chi connectivity index (χ1) is 9.72. The van der Waals surface area contributed by atoms with Crippen molar-refractivity contribution in [2.24, 2.45) is 0 Å². The minimum atomic E-state index is -0.0898. The molecule has 2 aromatic rings. The molecule has 1 aliphatic heterocycles. The number of amides is 1. The van der Waals surface area contributed by atoms with Gasteiger partial charge in [-0.2, -0.15) is 5.10 Å². The summed E-state index contributed by atoms with van der Waals surface area (Å²) in [7, 11) is 0. The number of aromatic amines is 1. The second-order valence-corrected chi connectivity index (χ2v) is 4.96. The van der Waals surface area contributed by atoms with Crippen molar-refractivity contribution in [3.63, 3.8) is 0 Å². The number of carbonyl (C=O) groups excluding carboxylic acids is 1. The molecule has 2 heterocycles. The van der Waals surface area contributed by atoms with Gasteiger partial charge in [-0.1, -0.05) is 12.1 Å². The molecule has 0 radical (unpaired) electrons. The first-order valence-corrected chi connectivity index (χ1v) is 6.76. The van der Waals surface area contributed by atoms with Crippen LogP contribution < -0.4 is 10.6 Å². The molecular weight excluding hydrogens is 254 g/mol. The van der Waals surface area contributed by atoms with Crippen LogP contribution >= 0.6 is 0 Å².